The Morgan fingerprint density at radius 1 is 1.43 bits per heavy atom. The Labute approximate surface area is 84.3 Å². The van der Waals surface area contributed by atoms with Gasteiger partial charge in [-0.05, 0) is 12.5 Å². The lowest BCUT2D eigenvalue weighted by molar-refractivity contribution is 0.295. The van der Waals surface area contributed by atoms with Gasteiger partial charge in [0, 0.05) is 6.07 Å². The number of hydrogen-bond donors (Lipinski definition) is 0. The number of aromatic nitrogens is 1. The van der Waals surface area contributed by atoms with Gasteiger partial charge in [-0.15, -0.1) is 0 Å². The quantitative estimate of drug-likeness (QED) is 0.670. The van der Waals surface area contributed by atoms with Crippen LogP contribution in [0.2, 0.25) is 0 Å². The number of nitriles is 1. The highest BCUT2D eigenvalue weighted by atomic mass is 16.5. The Bertz CT molecular complexity index is 317. The summed E-state index contributed by atoms with van der Waals surface area (Å²) in [6, 6.07) is 7.19. The number of ether oxygens (including phenoxy) is 1. The normalized spacial score (nSPS) is 9.43. The fourth-order valence-electron chi connectivity index (χ4n) is 1.09. The number of unbranched alkanes of at least 4 members (excludes halogenated alkanes) is 2. The summed E-state index contributed by atoms with van der Waals surface area (Å²) >= 11 is 0. The molecule has 0 amide bonds. The Balaban J connectivity index is 2.39. The van der Waals surface area contributed by atoms with Crippen LogP contribution in [0.1, 0.15) is 31.9 Å². The van der Waals surface area contributed by atoms with Crippen LogP contribution in [-0.2, 0) is 0 Å². The highest BCUT2D eigenvalue weighted by Crippen LogP contribution is 2.07. The first kappa shape index (κ1) is 10.5. The molecule has 1 aromatic heterocycles. The van der Waals surface area contributed by atoms with Crippen molar-refractivity contribution in [2.75, 3.05) is 6.61 Å². The summed E-state index contributed by atoms with van der Waals surface area (Å²) < 4.78 is 5.39. The summed E-state index contributed by atoms with van der Waals surface area (Å²) in [5.41, 5.74) is 0.401. The lowest BCUT2D eigenvalue weighted by Crippen LogP contribution is -1.99. The summed E-state index contributed by atoms with van der Waals surface area (Å²) in [5.74, 6) is 0.542. The predicted octanol–water partition coefficient (Wildman–Crippen LogP) is 2.52. The molecule has 0 N–H and O–H groups in total. The van der Waals surface area contributed by atoms with Crippen molar-refractivity contribution in [3.63, 3.8) is 0 Å². The molecule has 0 aliphatic heterocycles. The average molecular weight is 190 g/mol. The molecule has 14 heavy (non-hydrogen) atoms. The van der Waals surface area contributed by atoms with E-state index in [-0.39, 0.29) is 0 Å². The minimum Gasteiger partial charge on any atom is -0.478 e. The summed E-state index contributed by atoms with van der Waals surface area (Å²) in [7, 11) is 0. The second kappa shape index (κ2) is 5.98. The van der Waals surface area contributed by atoms with Gasteiger partial charge in [-0.3, -0.25) is 0 Å². The molecule has 0 spiro atoms. The lowest BCUT2D eigenvalue weighted by atomic mass is 10.3. The Kier molecular flexibility index (Phi) is 4.49. The molecule has 0 saturated heterocycles. The smallest absolute Gasteiger partial charge is 0.214 e. The van der Waals surface area contributed by atoms with Crippen molar-refractivity contribution in [3.05, 3.63) is 23.9 Å². The van der Waals surface area contributed by atoms with Gasteiger partial charge in [-0.25, -0.2) is 4.98 Å². The van der Waals surface area contributed by atoms with Gasteiger partial charge in [0.05, 0.1) is 6.61 Å². The molecule has 0 bridgehead atoms. The van der Waals surface area contributed by atoms with Gasteiger partial charge in [0.1, 0.15) is 11.8 Å². The SMILES string of the molecule is CCCCCOc1cccc(C#N)n1. The largest absolute Gasteiger partial charge is 0.478 e. The maximum absolute atomic E-state index is 8.60. The first-order valence-corrected chi connectivity index (χ1v) is 4.86. The van der Waals surface area contributed by atoms with Crippen LogP contribution in [0.4, 0.5) is 0 Å². The maximum atomic E-state index is 8.60. The van der Waals surface area contributed by atoms with Gasteiger partial charge in [-0.1, -0.05) is 25.8 Å². The Hall–Kier alpha value is -1.56. The van der Waals surface area contributed by atoms with E-state index in [9.17, 15) is 0 Å². The molecule has 0 saturated carbocycles. The van der Waals surface area contributed by atoms with Gasteiger partial charge in [0.25, 0.3) is 0 Å². The monoisotopic (exact) mass is 190 g/mol. The number of rotatable bonds is 5. The Morgan fingerprint density at radius 3 is 3.00 bits per heavy atom. The predicted molar refractivity (Wildman–Crippen MR) is 54.0 cm³/mol. The molecule has 0 fully saturated rings. The minimum absolute atomic E-state index is 0.401. The third-order valence-corrected chi connectivity index (χ3v) is 1.84. The molecular weight excluding hydrogens is 176 g/mol. The zero-order valence-electron chi connectivity index (χ0n) is 8.36. The molecular formula is C11H14N2O. The van der Waals surface area contributed by atoms with Crippen LogP contribution in [0.5, 0.6) is 5.88 Å². The van der Waals surface area contributed by atoms with Crippen LogP contribution in [0.15, 0.2) is 18.2 Å². The Morgan fingerprint density at radius 2 is 2.29 bits per heavy atom. The molecule has 0 aromatic carbocycles. The molecule has 3 nitrogen and oxygen atoms in total. The summed E-state index contributed by atoms with van der Waals surface area (Å²) in [6.07, 6.45) is 3.38. The molecule has 1 heterocycles. The van der Waals surface area contributed by atoms with Gasteiger partial charge < -0.3 is 4.74 Å². The van der Waals surface area contributed by atoms with Gasteiger partial charge >= 0.3 is 0 Å². The molecule has 1 aromatic rings. The van der Waals surface area contributed by atoms with Crippen molar-refractivity contribution in [1.29, 1.82) is 5.26 Å². The van der Waals surface area contributed by atoms with Crippen LogP contribution in [0.3, 0.4) is 0 Å². The van der Waals surface area contributed by atoms with Gasteiger partial charge in [-0.2, -0.15) is 5.26 Å². The van der Waals surface area contributed by atoms with E-state index in [4.69, 9.17) is 10.00 Å². The standard InChI is InChI=1S/C11H14N2O/c1-2-3-4-8-14-11-7-5-6-10(9-12)13-11/h5-7H,2-4,8H2,1H3. The van der Waals surface area contributed by atoms with Crippen molar-refractivity contribution in [2.45, 2.75) is 26.2 Å². The van der Waals surface area contributed by atoms with E-state index in [0.29, 0.717) is 18.2 Å². The van der Waals surface area contributed by atoms with E-state index in [1.807, 2.05) is 6.07 Å². The molecule has 0 radical (unpaired) electrons. The van der Waals surface area contributed by atoms with E-state index in [1.165, 1.54) is 6.42 Å². The van der Waals surface area contributed by atoms with Crippen LogP contribution in [0.25, 0.3) is 0 Å². The molecule has 0 aliphatic rings. The maximum Gasteiger partial charge on any atom is 0.214 e. The topological polar surface area (TPSA) is 45.9 Å². The second-order valence-corrected chi connectivity index (χ2v) is 3.03. The summed E-state index contributed by atoms with van der Waals surface area (Å²) in [6.45, 7) is 2.82. The van der Waals surface area contributed by atoms with E-state index >= 15 is 0 Å². The molecule has 1 rings (SSSR count). The molecule has 0 unspecified atom stereocenters. The van der Waals surface area contributed by atoms with Crippen LogP contribution < -0.4 is 4.74 Å². The van der Waals surface area contributed by atoms with Crippen molar-refractivity contribution < 1.29 is 4.74 Å². The minimum atomic E-state index is 0.401. The van der Waals surface area contributed by atoms with Crippen LogP contribution in [0, 0.1) is 11.3 Å². The zero-order valence-corrected chi connectivity index (χ0v) is 8.36. The zero-order chi connectivity index (χ0) is 10.2. The van der Waals surface area contributed by atoms with E-state index in [2.05, 4.69) is 11.9 Å². The van der Waals surface area contributed by atoms with E-state index < -0.39 is 0 Å². The van der Waals surface area contributed by atoms with Crippen LogP contribution >= 0.6 is 0 Å². The number of hydrogen-bond acceptors (Lipinski definition) is 3. The van der Waals surface area contributed by atoms with Crippen molar-refractivity contribution in [1.82, 2.24) is 4.98 Å². The third-order valence-electron chi connectivity index (χ3n) is 1.84. The van der Waals surface area contributed by atoms with Crippen molar-refractivity contribution in [3.8, 4) is 11.9 Å². The summed E-state index contributed by atoms with van der Waals surface area (Å²) in [5, 5.41) is 8.60. The van der Waals surface area contributed by atoms with Crippen molar-refractivity contribution >= 4 is 0 Å². The lowest BCUT2D eigenvalue weighted by Gasteiger charge is -2.03. The number of nitrogens with zero attached hydrogens (tertiary/aromatic N) is 2. The number of pyridine rings is 1. The van der Waals surface area contributed by atoms with Crippen LogP contribution in [-0.4, -0.2) is 11.6 Å². The van der Waals surface area contributed by atoms with E-state index in [0.717, 1.165) is 12.8 Å². The van der Waals surface area contributed by atoms with Gasteiger partial charge in [0.2, 0.25) is 5.88 Å². The average Bonchev–Trinajstić information content (AvgIpc) is 2.25. The van der Waals surface area contributed by atoms with Gasteiger partial charge in [0.15, 0.2) is 0 Å². The van der Waals surface area contributed by atoms with E-state index in [1.54, 1.807) is 18.2 Å². The first-order valence-electron chi connectivity index (χ1n) is 4.86. The summed E-state index contributed by atoms with van der Waals surface area (Å²) in [4.78, 5) is 4.01. The fourth-order valence-corrected chi connectivity index (χ4v) is 1.09. The molecule has 3 heteroatoms. The first-order chi connectivity index (χ1) is 6.86. The molecule has 0 aliphatic carbocycles. The fraction of sp³-hybridized carbons (Fsp3) is 0.455. The second-order valence-electron chi connectivity index (χ2n) is 3.03. The third kappa shape index (κ3) is 3.44. The molecule has 0 atom stereocenters. The highest BCUT2D eigenvalue weighted by Gasteiger charge is 1.96. The molecule has 74 valence electrons. The highest BCUT2D eigenvalue weighted by molar-refractivity contribution is 5.24. The van der Waals surface area contributed by atoms with Crippen molar-refractivity contribution in [2.24, 2.45) is 0 Å².